The van der Waals surface area contributed by atoms with E-state index in [1.165, 1.54) is 11.6 Å². The molecule has 1 saturated heterocycles. The van der Waals surface area contributed by atoms with Crippen molar-refractivity contribution in [2.24, 2.45) is 0 Å². The van der Waals surface area contributed by atoms with Crippen molar-refractivity contribution in [3.63, 3.8) is 0 Å². The van der Waals surface area contributed by atoms with Gasteiger partial charge < -0.3 is 14.9 Å². The van der Waals surface area contributed by atoms with Gasteiger partial charge in [-0.3, -0.25) is 0 Å². The summed E-state index contributed by atoms with van der Waals surface area (Å²) in [5.74, 6) is 0.273. The number of aromatic hydroxyl groups is 2. The van der Waals surface area contributed by atoms with Gasteiger partial charge in [-0.15, -0.1) is 0 Å². The molecule has 1 unspecified atom stereocenters. The summed E-state index contributed by atoms with van der Waals surface area (Å²) in [6.45, 7) is 4.11. The van der Waals surface area contributed by atoms with Gasteiger partial charge in [-0.05, 0) is 43.9 Å². The molecule has 0 saturated carbocycles. The summed E-state index contributed by atoms with van der Waals surface area (Å²) in [6.07, 6.45) is 2.49. The highest BCUT2D eigenvalue weighted by Gasteiger charge is 2.47. The van der Waals surface area contributed by atoms with Crippen LogP contribution in [0.3, 0.4) is 0 Å². The Bertz CT molecular complexity index is 662. The predicted octanol–water partition coefficient (Wildman–Crippen LogP) is 3.60. The van der Waals surface area contributed by atoms with Crippen molar-refractivity contribution in [3.05, 3.63) is 59.2 Å². The molecule has 2 aromatic rings. The quantitative estimate of drug-likeness (QED) is 0.829. The molecular weight excluding hydrogens is 276 g/mol. The first-order chi connectivity index (χ1) is 10.5. The van der Waals surface area contributed by atoms with Crippen LogP contribution in [0.2, 0.25) is 0 Å². The summed E-state index contributed by atoms with van der Waals surface area (Å²) < 4.78 is 5.64. The van der Waals surface area contributed by atoms with E-state index in [0.717, 1.165) is 24.0 Å². The van der Waals surface area contributed by atoms with Gasteiger partial charge in [0.1, 0.15) is 11.5 Å². The van der Waals surface area contributed by atoms with Crippen molar-refractivity contribution in [2.75, 3.05) is 0 Å². The summed E-state index contributed by atoms with van der Waals surface area (Å²) in [5.41, 5.74) is 3.03. The van der Waals surface area contributed by atoms with Gasteiger partial charge in [0.25, 0.3) is 0 Å². The molecule has 1 aliphatic rings. The molecule has 0 aromatic heterocycles. The van der Waals surface area contributed by atoms with Crippen LogP contribution < -0.4 is 0 Å². The van der Waals surface area contributed by atoms with Crippen molar-refractivity contribution < 1.29 is 14.9 Å². The maximum Gasteiger partial charge on any atom is 0.122 e. The average molecular weight is 298 g/mol. The molecule has 1 aliphatic heterocycles. The first-order valence-electron chi connectivity index (χ1n) is 7.71. The van der Waals surface area contributed by atoms with Gasteiger partial charge in [0.05, 0.1) is 11.7 Å². The van der Waals surface area contributed by atoms with Gasteiger partial charge >= 0.3 is 0 Å². The minimum absolute atomic E-state index is 0.110. The molecule has 116 valence electrons. The van der Waals surface area contributed by atoms with E-state index in [1.807, 2.05) is 18.2 Å². The zero-order chi connectivity index (χ0) is 15.7. The van der Waals surface area contributed by atoms with Crippen LogP contribution in [-0.4, -0.2) is 21.9 Å². The molecule has 2 N–H and O–H groups in total. The van der Waals surface area contributed by atoms with Gasteiger partial charge in [0.15, 0.2) is 0 Å². The largest absolute Gasteiger partial charge is 0.508 e. The Labute approximate surface area is 131 Å². The first kappa shape index (κ1) is 14.9. The zero-order valence-corrected chi connectivity index (χ0v) is 13.0. The number of benzene rings is 2. The molecule has 22 heavy (non-hydrogen) atoms. The van der Waals surface area contributed by atoms with E-state index in [1.54, 1.807) is 6.07 Å². The molecule has 2 aromatic carbocycles. The summed E-state index contributed by atoms with van der Waals surface area (Å²) >= 11 is 0. The molecule has 3 heteroatoms. The fraction of sp³-hybridized carbons (Fsp3) is 0.368. The minimum Gasteiger partial charge on any atom is -0.508 e. The SMILES string of the molecule is CC1(C)OC1Cc1c(O)cc(O)cc1CCc1ccccc1. The van der Waals surface area contributed by atoms with E-state index < -0.39 is 0 Å². The number of hydrogen-bond acceptors (Lipinski definition) is 3. The van der Waals surface area contributed by atoms with E-state index in [4.69, 9.17) is 4.74 Å². The second-order valence-electron chi connectivity index (χ2n) is 6.50. The van der Waals surface area contributed by atoms with Crippen LogP contribution in [0, 0.1) is 0 Å². The van der Waals surface area contributed by atoms with Crippen LogP contribution >= 0.6 is 0 Å². The van der Waals surface area contributed by atoms with E-state index in [-0.39, 0.29) is 23.2 Å². The molecule has 0 aliphatic carbocycles. The van der Waals surface area contributed by atoms with Crippen molar-refractivity contribution in [1.29, 1.82) is 0 Å². The van der Waals surface area contributed by atoms with E-state index in [2.05, 4.69) is 26.0 Å². The van der Waals surface area contributed by atoms with Crippen LogP contribution in [0.5, 0.6) is 11.5 Å². The molecule has 3 rings (SSSR count). The smallest absolute Gasteiger partial charge is 0.122 e. The lowest BCUT2D eigenvalue weighted by atomic mass is 9.93. The van der Waals surface area contributed by atoms with Crippen LogP contribution in [0.4, 0.5) is 0 Å². The standard InChI is InChI=1S/C19H22O3/c1-19(2)18(22-19)12-16-14(10-15(20)11-17(16)21)9-8-13-6-4-3-5-7-13/h3-7,10-11,18,20-21H,8-9,12H2,1-2H3. The summed E-state index contributed by atoms with van der Waals surface area (Å²) in [7, 11) is 0. The Kier molecular flexibility index (Phi) is 3.83. The Morgan fingerprint density at radius 2 is 1.73 bits per heavy atom. The Hall–Kier alpha value is -2.00. The maximum atomic E-state index is 10.2. The van der Waals surface area contributed by atoms with Crippen molar-refractivity contribution in [3.8, 4) is 11.5 Å². The lowest BCUT2D eigenvalue weighted by molar-refractivity contribution is 0.322. The number of epoxide rings is 1. The van der Waals surface area contributed by atoms with Crippen LogP contribution in [0.25, 0.3) is 0 Å². The molecule has 1 heterocycles. The second-order valence-corrected chi connectivity index (χ2v) is 6.50. The third-order valence-corrected chi connectivity index (χ3v) is 4.38. The second kappa shape index (κ2) is 5.65. The highest BCUT2D eigenvalue weighted by molar-refractivity contribution is 5.46. The lowest BCUT2D eigenvalue weighted by Gasteiger charge is -2.12. The fourth-order valence-electron chi connectivity index (χ4n) is 2.89. The fourth-order valence-corrected chi connectivity index (χ4v) is 2.89. The minimum atomic E-state index is -0.110. The summed E-state index contributed by atoms with van der Waals surface area (Å²) in [6, 6.07) is 13.4. The van der Waals surface area contributed by atoms with E-state index in [0.29, 0.717) is 6.42 Å². The monoisotopic (exact) mass is 298 g/mol. The van der Waals surface area contributed by atoms with Gasteiger partial charge in [0.2, 0.25) is 0 Å². The first-order valence-corrected chi connectivity index (χ1v) is 7.71. The molecule has 0 bridgehead atoms. The van der Waals surface area contributed by atoms with Gasteiger partial charge in [-0.2, -0.15) is 0 Å². The molecule has 3 nitrogen and oxygen atoms in total. The summed E-state index contributed by atoms with van der Waals surface area (Å²) in [5, 5.41) is 20.0. The number of aryl methyl sites for hydroxylation is 2. The molecule has 0 amide bonds. The number of phenolic OH excluding ortho intramolecular Hbond substituents is 2. The van der Waals surface area contributed by atoms with Crippen molar-refractivity contribution in [2.45, 2.75) is 44.8 Å². The van der Waals surface area contributed by atoms with Crippen LogP contribution in [-0.2, 0) is 24.0 Å². The normalized spacial score (nSPS) is 19.1. The van der Waals surface area contributed by atoms with Crippen molar-refractivity contribution >= 4 is 0 Å². The Balaban J connectivity index is 1.79. The van der Waals surface area contributed by atoms with Gasteiger partial charge in [-0.25, -0.2) is 0 Å². The van der Waals surface area contributed by atoms with Crippen molar-refractivity contribution in [1.82, 2.24) is 0 Å². The number of phenols is 2. The van der Waals surface area contributed by atoms with Crippen LogP contribution in [0.1, 0.15) is 30.5 Å². The van der Waals surface area contributed by atoms with E-state index >= 15 is 0 Å². The summed E-state index contributed by atoms with van der Waals surface area (Å²) in [4.78, 5) is 0. The molecule has 0 radical (unpaired) electrons. The maximum absolute atomic E-state index is 10.2. The van der Waals surface area contributed by atoms with Gasteiger partial charge in [-0.1, -0.05) is 30.3 Å². The van der Waals surface area contributed by atoms with Crippen LogP contribution in [0.15, 0.2) is 42.5 Å². The van der Waals surface area contributed by atoms with E-state index in [9.17, 15) is 10.2 Å². The topological polar surface area (TPSA) is 53.0 Å². The number of ether oxygens (including phenoxy) is 1. The average Bonchev–Trinajstić information content (AvgIpc) is 3.08. The Morgan fingerprint density at radius 1 is 1.05 bits per heavy atom. The third-order valence-electron chi connectivity index (χ3n) is 4.38. The number of hydrogen-bond donors (Lipinski definition) is 2. The molecule has 1 atom stereocenters. The zero-order valence-electron chi connectivity index (χ0n) is 13.0. The number of rotatable bonds is 5. The molecule has 1 fully saturated rings. The molecule has 0 spiro atoms. The van der Waals surface area contributed by atoms with Gasteiger partial charge in [0, 0.05) is 18.1 Å². The third kappa shape index (κ3) is 3.25. The predicted molar refractivity (Wildman–Crippen MR) is 86.3 cm³/mol. The highest BCUT2D eigenvalue weighted by Crippen LogP contribution is 2.40. The Morgan fingerprint density at radius 3 is 2.36 bits per heavy atom. The highest BCUT2D eigenvalue weighted by atomic mass is 16.6. The molecular formula is C19H22O3. The lowest BCUT2D eigenvalue weighted by Crippen LogP contribution is -2.08.